The van der Waals surface area contributed by atoms with Crippen LogP contribution in [-0.2, 0) is 0 Å². The Morgan fingerprint density at radius 3 is 2.28 bits per heavy atom. The van der Waals surface area contributed by atoms with Crippen LogP contribution < -0.4 is 0 Å². The third-order valence-corrected chi connectivity index (χ3v) is 5.85. The average Bonchev–Trinajstić information content (AvgIpc) is 2.98. The van der Waals surface area contributed by atoms with E-state index in [-0.39, 0.29) is 0 Å². The zero-order valence-corrected chi connectivity index (χ0v) is 16.4. The van der Waals surface area contributed by atoms with Crippen molar-refractivity contribution in [3.63, 3.8) is 0 Å². The van der Waals surface area contributed by atoms with Crippen LogP contribution >= 0.6 is 31.9 Å². The summed E-state index contributed by atoms with van der Waals surface area (Å²) >= 11 is 7.37. The second-order valence-electron chi connectivity index (χ2n) is 6.13. The fraction of sp³-hybridized carbons (Fsp3) is 0. The second kappa shape index (κ2) is 5.72. The van der Waals surface area contributed by atoms with Crippen molar-refractivity contribution in [2.24, 2.45) is 0 Å². The highest BCUT2D eigenvalue weighted by molar-refractivity contribution is 9.11. The van der Waals surface area contributed by atoms with E-state index in [9.17, 15) is 0 Å². The van der Waals surface area contributed by atoms with Gasteiger partial charge in [-0.2, -0.15) is 0 Å². The van der Waals surface area contributed by atoms with Gasteiger partial charge < -0.3 is 4.57 Å². The minimum absolute atomic E-state index is 1.10. The molecule has 0 bridgehead atoms. The van der Waals surface area contributed by atoms with Crippen molar-refractivity contribution in [1.29, 1.82) is 0 Å². The molecule has 0 aliphatic rings. The first kappa shape index (κ1) is 15.2. The Labute approximate surface area is 162 Å². The van der Waals surface area contributed by atoms with Gasteiger partial charge in [0, 0.05) is 25.4 Å². The van der Waals surface area contributed by atoms with Crippen LogP contribution in [-0.4, -0.2) is 4.57 Å². The van der Waals surface area contributed by atoms with Crippen molar-refractivity contribution in [2.75, 3.05) is 0 Å². The lowest BCUT2D eigenvalue weighted by atomic mass is 10.0. The maximum absolute atomic E-state index is 3.78. The first-order valence-electron chi connectivity index (χ1n) is 8.10. The Balaban J connectivity index is 2.07. The topological polar surface area (TPSA) is 4.93 Å². The Morgan fingerprint density at radius 1 is 0.640 bits per heavy atom. The highest BCUT2D eigenvalue weighted by Gasteiger charge is 2.16. The van der Waals surface area contributed by atoms with Crippen LogP contribution in [0.4, 0.5) is 0 Å². The van der Waals surface area contributed by atoms with Gasteiger partial charge in [0.1, 0.15) is 0 Å². The Bertz CT molecular complexity index is 1250. The van der Waals surface area contributed by atoms with Crippen LogP contribution in [0.2, 0.25) is 0 Å². The van der Waals surface area contributed by atoms with Gasteiger partial charge in [0.15, 0.2) is 0 Å². The molecule has 1 aromatic heterocycles. The van der Waals surface area contributed by atoms with Crippen molar-refractivity contribution in [3.05, 3.63) is 87.8 Å². The highest BCUT2D eigenvalue weighted by Crippen LogP contribution is 2.40. The quantitative estimate of drug-likeness (QED) is 0.249. The van der Waals surface area contributed by atoms with Crippen LogP contribution in [0.25, 0.3) is 38.3 Å². The molecule has 0 aliphatic heterocycles. The Morgan fingerprint density at radius 2 is 1.44 bits per heavy atom. The number of hydrogen-bond donors (Lipinski definition) is 0. The van der Waals surface area contributed by atoms with E-state index < -0.39 is 0 Å². The number of rotatable bonds is 1. The molecule has 0 atom stereocenters. The summed E-state index contributed by atoms with van der Waals surface area (Å²) in [6, 6.07) is 27.9. The summed E-state index contributed by atoms with van der Waals surface area (Å²) in [4.78, 5) is 0. The van der Waals surface area contributed by atoms with E-state index in [1.165, 1.54) is 38.3 Å². The maximum atomic E-state index is 3.78. The number of halogens is 2. The zero-order chi connectivity index (χ0) is 17.0. The number of nitrogens with zero attached hydrogens (tertiary/aromatic N) is 1. The molecule has 4 aromatic carbocycles. The number of aromatic nitrogens is 1. The maximum Gasteiger partial charge on any atom is 0.0552 e. The summed E-state index contributed by atoms with van der Waals surface area (Å²) in [5.41, 5.74) is 3.62. The predicted octanol–water partition coefficient (Wildman–Crippen LogP) is 7.46. The number of para-hydroxylation sites is 1. The lowest BCUT2D eigenvalue weighted by Crippen LogP contribution is -1.92. The summed E-state index contributed by atoms with van der Waals surface area (Å²) in [6.07, 6.45) is 0. The van der Waals surface area contributed by atoms with Gasteiger partial charge in [-0.25, -0.2) is 0 Å². The fourth-order valence-corrected chi connectivity index (χ4v) is 4.60. The van der Waals surface area contributed by atoms with Crippen molar-refractivity contribution < 1.29 is 0 Å². The highest BCUT2D eigenvalue weighted by atomic mass is 79.9. The number of fused-ring (bicyclic) bond motifs is 5. The predicted molar refractivity (Wildman–Crippen MR) is 114 cm³/mol. The average molecular weight is 451 g/mol. The summed E-state index contributed by atoms with van der Waals surface area (Å²) in [7, 11) is 0. The van der Waals surface area contributed by atoms with E-state index in [0.29, 0.717) is 0 Å². The Kier molecular flexibility index (Phi) is 3.47. The molecule has 1 heterocycles. The monoisotopic (exact) mass is 449 g/mol. The molecule has 0 saturated heterocycles. The third-order valence-electron chi connectivity index (χ3n) is 4.70. The largest absolute Gasteiger partial charge is 0.309 e. The van der Waals surface area contributed by atoms with Crippen molar-refractivity contribution in [2.45, 2.75) is 0 Å². The molecule has 0 amide bonds. The van der Waals surface area contributed by atoms with E-state index in [2.05, 4.69) is 115 Å². The van der Waals surface area contributed by atoms with E-state index >= 15 is 0 Å². The van der Waals surface area contributed by atoms with Gasteiger partial charge in [0.25, 0.3) is 0 Å². The molecule has 25 heavy (non-hydrogen) atoms. The van der Waals surface area contributed by atoms with E-state index in [1.807, 2.05) is 0 Å². The van der Waals surface area contributed by atoms with Crippen LogP contribution in [0.3, 0.4) is 0 Å². The van der Waals surface area contributed by atoms with Crippen LogP contribution in [0.5, 0.6) is 0 Å². The van der Waals surface area contributed by atoms with Crippen LogP contribution in [0.1, 0.15) is 0 Å². The van der Waals surface area contributed by atoms with Crippen molar-refractivity contribution in [3.8, 4) is 5.69 Å². The van der Waals surface area contributed by atoms with Crippen molar-refractivity contribution in [1.82, 2.24) is 4.57 Å². The molecule has 5 aromatic rings. The molecule has 0 fully saturated rings. The lowest BCUT2D eigenvalue weighted by molar-refractivity contribution is 1.18. The third kappa shape index (κ3) is 2.26. The molecular weight excluding hydrogens is 438 g/mol. The molecule has 0 unspecified atom stereocenters. The van der Waals surface area contributed by atoms with Crippen LogP contribution in [0.15, 0.2) is 87.8 Å². The minimum atomic E-state index is 1.10. The van der Waals surface area contributed by atoms with Gasteiger partial charge in [0.2, 0.25) is 0 Å². The zero-order valence-electron chi connectivity index (χ0n) is 13.2. The van der Waals surface area contributed by atoms with Gasteiger partial charge in [0.05, 0.1) is 11.0 Å². The fourth-order valence-electron chi connectivity index (χ4n) is 3.67. The molecule has 3 heteroatoms. The molecule has 0 aliphatic carbocycles. The standard InChI is InChI=1S/C22H13Br2N/c23-15-10-11-17-14(13-15)9-12-20-21(17)22-18(24)7-4-8-19(22)25(20)16-5-2-1-3-6-16/h1-13H. The summed E-state index contributed by atoms with van der Waals surface area (Å²) in [5, 5.41) is 5.06. The van der Waals surface area contributed by atoms with E-state index in [0.717, 1.165) is 8.95 Å². The normalized spacial score (nSPS) is 11.6. The van der Waals surface area contributed by atoms with E-state index in [4.69, 9.17) is 0 Å². The van der Waals surface area contributed by atoms with Crippen molar-refractivity contribution >= 4 is 64.4 Å². The first-order chi connectivity index (χ1) is 12.2. The van der Waals surface area contributed by atoms with Gasteiger partial charge in [-0.05, 0) is 53.2 Å². The minimum Gasteiger partial charge on any atom is -0.309 e. The van der Waals surface area contributed by atoms with Gasteiger partial charge in [-0.15, -0.1) is 0 Å². The smallest absolute Gasteiger partial charge is 0.0552 e. The second-order valence-corrected chi connectivity index (χ2v) is 7.90. The number of benzene rings is 4. The van der Waals surface area contributed by atoms with Gasteiger partial charge >= 0.3 is 0 Å². The molecular formula is C22H13Br2N. The molecule has 0 saturated carbocycles. The SMILES string of the molecule is Brc1ccc2c(ccc3c2c2c(Br)cccc2n3-c2ccccc2)c1. The molecule has 0 radical (unpaired) electrons. The lowest BCUT2D eigenvalue weighted by Gasteiger charge is -2.08. The molecule has 1 nitrogen and oxygen atoms in total. The summed E-state index contributed by atoms with van der Waals surface area (Å²) < 4.78 is 4.57. The summed E-state index contributed by atoms with van der Waals surface area (Å²) in [6.45, 7) is 0. The molecule has 0 N–H and O–H groups in total. The molecule has 5 rings (SSSR count). The Hall–Kier alpha value is -2.10. The van der Waals surface area contributed by atoms with Gasteiger partial charge in [-0.1, -0.05) is 68.3 Å². The summed E-state index contributed by atoms with van der Waals surface area (Å²) in [5.74, 6) is 0. The first-order valence-corrected chi connectivity index (χ1v) is 9.69. The van der Waals surface area contributed by atoms with E-state index in [1.54, 1.807) is 0 Å². The molecule has 120 valence electrons. The van der Waals surface area contributed by atoms with Gasteiger partial charge in [-0.3, -0.25) is 0 Å². The molecule has 0 spiro atoms. The van der Waals surface area contributed by atoms with Crippen LogP contribution in [0, 0.1) is 0 Å². The number of hydrogen-bond acceptors (Lipinski definition) is 0.